The van der Waals surface area contributed by atoms with E-state index in [1.165, 1.54) is 11.1 Å². The Hall–Kier alpha value is -2.46. The molecule has 3 rings (SSSR count). The fraction of sp³-hybridized carbons (Fsp3) is 0.200. The smallest absolute Gasteiger partial charge is 0.248 e. The van der Waals surface area contributed by atoms with E-state index in [1.807, 2.05) is 24.0 Å². The molecule has 1 amide bonds. The van der Waals surface area contributed by atoms with Crippen LogP contribution in [-0.4, -0.2) is 28.5 Å². The Morgan fingerprint density at radius 3 is 2.38 bits per heavy atom. The van der Waals surface area contributed by atoms with Crippen molar-refractivity contribution in [1.82, 2.24) is 10.2 Å². The molecule has 0 aliphatic carbocycles. The lowest BCUT2D eigenvalue weighted by molar-refractivity contribution is -0.120. The minimum absolute atomic E-state index is 0.0290. The molecule has 1 aliphatic heterocycles. The summed E-state index contributed by atoms with van der Waals surface area (Å²) in [6.07, 6.45) is 5.04. The largest absolute Gasteiger partial charge is 0.333 e. The van der Waals surface area contributed by atoms with Crippen LogP contribution in [0.4, 0.5) is 0 Å². The van der Waals surface area contributed by atoms with E-state index in [2.05, 4.69) is 59.9 Å². The van der Waals surface area contributed by atoms with Gasteiger partial charge >= 0.3 is 0 Å². The Labute approximate surface area is 148 Å². The van der Waals surface area contributed by atoms with Gasteiger partial charge in [0.1, 0.15) is 6.04 Å². The summed E-state index contributed by atoms with van der Waals surface area (Å²) in [5, 5.41) is 3.19. The summed E-state index contributed by atoms with van der Waals surface area (Å²) < 4.78 is 0. The van der Waals surface area contributed by atoms with Gasteiger partial charge in [0.2, 0.25) is 5.91 Å². The molecule has 3 nitrogen and oxygen atoms in total. The summed E-state index contributed by atoms with van der Waals surface area (Å²) in [6.45, 7) is 2.49. The standard InChI is InChI=1S/C20H20N2OS/c1-15-19(23)21-20(24)22(15)13-5-8-16-9-11-18(12-10-16)14-17-6-3-2-4-7-17/h2-12,15H,13-14H2,1H3,(H,21,23,24). The highest BCUT2D eigenvalue weighted by Crippen LogP contribution is 2.13. The van der Waals surface area contributed by atoms with E-state index >= 15 is 0 Å². The number of hydrogen-bond acceptors (Lipinski definition) is 2. The van der Waals surface area contributed by atoms with Gasteiger partial charge in [0.15, 0.2) is 5.11 Å². The lowest BCUT2D eigenvalue weighted by Gasteiger charge is -2.17. The van der Waals surface area contributed by atoms with Crippen molar-refractivity contribution >= 4 is 29.3 Å². The fourth-order valence-corrected chi connectivity index (χ4v) is 3.05. The van der Waals surface area contributed by atoms with Gasteiger partial charge in [-0.1, -0.05) is 66.7 Å². The van der Waals surface area contributed by atoms with Gasteiger partial charge < -0.3 is 10.2 Å². The van der Waals surface area contributed by atoms with Gasteiger partial charge in [-0.15, -0.1) is 0 Å². The summed E-state index contributed by atoms with van der Waals surface area (Å²) in [7, 11) is 0. The molecule has 2 aromatic rings. The molecule has 4 heteroatoms. The van der Waals surface area contributed by atoms with Crippen molar-refractivity contribution < 1.29 is 4.79 Å². The number of carbonyl (C=O) groups excluding carboxylic acids is 1. The summed E-state index contributed by atoms with van der Waals surface area (Å²) in [5.74, 6) is -0.0290. The summed E-state index contributed by atoms with van der Waals surface area (Å²) in [6, 6.07) is 18.8. The summed E-state index contributed by atoms with van der Waals surface area (Å²) >= 11 is 5.16. The number of thiocarbonyl (C=S) groups is 1. The highest BCUT2D eigenvalue weighted by molar-refractivity contribution is 7.80. The Bertz CT molecular complexity index is 753. The SMILES string of the molecule is CC1C(=O)NC(=S)N1CC=Cc1ccc(Cc2ccccc2)cc1. The van der Waals surface area contributed by atoms with Crippen molar-refractivity contribution in [2.45, 2.75) is 19.4 Å². The number of amides is 1. The van der Waals surface area contributed by atoms with E-state index in [1.54, 1.807) is 0 Å². The molecule has 0 radical (unpaired) electrons. The molecule has 0 bridgehead atoms. The van der Waals surface area contributed by atoms with Crippen LogP contribution in [0.15, 0.2) is 60.7 Å². The molecule has 2 aromatic carbocycles. The van der Waals surface area contributed by atoms with Crippen molar-refractivity contribution in [3.8, 4) is 0 Å². The minimum atomic E-state index is -0.199. The second-order valence-electron chi connectivity index (χ2n) is 5.93. The third-order valence-electron chi connectivity index (χ3n) is 4.18. The molecule has 24 heavy (non-hydrogen) atoms. The van der Waals surface area contributed by atoms with Crippen LogP contribution in [0.25, 0.3) is 6.08 Å². The first-order valence-electron chi connectivity index (χ1n) is 8.04. The quantitative estimate of drug-likeness (QED) is 0.850. The predicted octanol–water partition coefficient (Wildman–Crippen LogP) is 3.40. The van der Waals surface area contributed by atoms with Crippen LogP contribution >= 0.6 is 12.2 Å². The number of nitrogens with one attached hydrogen (secondary N) is 1. The topological polar surface area (TPSA) is 32.3 Å². The van der Waals surface area contributed by atoms with Gasteiger partial charge in [-0.2, -0.15) is 0 Å². The lowest BCUT2D eigenvalue weighted by Crippen LogP contribution is -2.32. The molecule has 0 aromatic heterocycles. The van der Waals surface area contributed by atoms with Crippen molar-refractivity contribution in [2.75, 3.05) is 6.54 Å². The minimum Gasteiger partial charge on any atom is -0.333 e. The van der Waals surface area contributed by atoms with Gasteiger partial charge in [0, 0.05) is 6.54 Å². The first kappa shape index (κ1) is 16.4. The maximum Gasteiger partial charge on any atom is 0.248 e. The number of hydrogen-bond donors (Lipinski definition) is 1. The van der Waals surface area contributed by atoms with Crippen LogP contribution in [0, 0.1) is 0 Å². The van der Waals surface area contributed by atoms with Crippen LogP contribution in [-0.2, 0) is 11.2 Å². The zero-order valence-electron chi connectivity index (χ0n) is 13.6. The Balaban J connectivity index is 1.58. The van der Waals surface area contributed by atoms with E-state index in [9.17, 15) is 4.79 Å². The predicted molar refractivity (Wildman–Crippen MR) is 102 cm³/mol. The van der Waals surface area contributed by atoms with E-state index in [0.29, 0.717) is 11.7 Å². The molecule has 0 spiro atoms. The molecule has 1 heterocycles. The molecule has 122 valence electrons. The lowest BCUT2D eigenvalue weighted by atomic mass is 10.0. The van der Waals surface area contributed by atoms with Gasteiger partial charge in [0.05, 0.1) is 0 Å². The molecule has 0 saturated carbocycles. The summed E-state index contributed by atoms with van der Waals surface area (Å²) in [4.78, 5) is 13.4. The van der Waals surface area contributed by atoms with E-state index < -0.39 is 0 Å². The normalized spacial score (nSPS) is 17.5. The fourth-order valence-electron chi connectivity index (χ4n) is 2.72. The molecule has 1 saturated heterocycles. The van der Waals surface area contributed by atoms with Crippen molar-refractivity contribution in [3.05, 3.63) is 77.4 Å². The van der Waals surface area contributed by atoms with Gasteiger partial charge in [-0.3, -0.25) is 4.79 Å². The van der Waals surface area contributed by atoms with Crippen LogP contribution in [0.1, 0.15) is 23.6 Å². The van der Waals surface area contributed by atoms with Crippen LogP contribution in [0.2, 0.25) is 0 Å². The first-order chi connectivity index (χ1) is 11.6. The van der Waals surface area contributed by atoms with E-state index in [-0.39, 0.29) is 11.9 Å². The summed E-state index contributed by atoms with van der Waals surface area (Å²) in [5.41, 5.74) is 3.75. The number of rotatable bonds is 5. The van der Waals surface area contributed by atoms with Crippen LogP contribution < -0.4 is 5.32 Å². The third kappa shape index (κ3) is 3.89. The Morgan fingerprint density at radius 1 is 1.08 bits per heavy atom. The molecule has 1 aliphatic rings. The molecule has 1 N–H and O–H groups in total. The van der Waals surface area contributed by atoms with Crippen molar-refractivity contribution in [1.29, 1.82) is 0 Å². The number of benzene rings is 2. The molecular formula is C20H20N2OS. The van der Waals surface area contributed by atoms with Crippen molar-refractivity contribution in [2.24, 2.45) is 0 Å². The van der Waals surface area contributed by atoms with Crippen LogP contribution in [0.5, 0.6) is 0 Å². The van der Waals surface area contributed by atoms with E-state index in [4.69, 9.17) is 12.2 Å². The van der Waals surface area contributed by atoms with Crippen molar-refractivity contribution in [3.63, 3.8) is 0 Å². The Morgan fingerprint density at radius 2 is 1.75 bits per heavy atom. The highest BCUT2D eigenvalue weighted by atomic mass is 32.1. The molecule has 1 atom stereocenters. The maximum atomic E-state index is 11.6. The van der Waals surface area contributed by atoms with Gasteiger partial charge in [-0.25, -0.2) is 0 Å². The zero-order chi connectivity index (χ0) is 16.9. The molecular weight excluding hydrogens is 316 g/mol. The van der Waals surface area contributed by atoms with Gasteiger partial charge in [-0.05, 0) is 42.3 Å². The maximum absolute atomic E-state index is 11.6. The van der Waals surface area contributed by atoms with Crippen LogP contribution in [0.3, 0.4) is 0 Å². The first-order valence-corrected chi connectivity index (χ1v) is 8.45. The monoisotopic (exact) mass is 336 g/mol. The number of nitrogens with zero attached hydrogens (tertiary/aromatic N) is 1. The average molecular weight is 336 g/mol. The average Bonchev–Trinajstić information content (AvgIpc) is 2.83. The van der Waals surface area contributed by atoms with E-state index in [0.717, 1.165) is 12.0 Å². The second-order valence-corrected chi connectivity index (χ2v) is 6.32. The third-order valence-corrected chi connectivity index (χ3v) is 4.52. The molecule has 1 fully saturated rings. The second kappa shape index (κ2) is 7.41. The Kier molecular flexibility index (Phi) is 5.06. The van der Waals surface area contributed by atoms with Gasteiger partial charge in [0.25, 0.3) is 0 Å². The number of carbonyl (C=O) groups is 1. The zero-order valence-corrected chi connectivity index (χ0v) is 14.4. The highest BCUT2D eigenvalue weighted by Gasteiger charge is 2.30. The molecule has 1 unspecified atom stereocenters.